The Bertz CT molecular complexity index is 698. The first-order valence-electron chi connectivity index (χ1n) is 6.45. The first-order chi connectivity index (χ1) is 10.6. The molecule has 0 radical (unpaired) electrons. The predicted octanol–water partition coefficient (Wildman–Crippen LogP) is 2.12. The van der Waals surface area contributed by atoms with Gasteiger partial charge in [-0.05, 0) is 23.6 Å². The Morgan fingerprint density at radius 2 is 1.86 bits per heavy atom. The molecule has 6 nitrogen and oxygen atoms in total. The van der Waals surface area contributed by atoms with Crippen LogP contribution in [0.2, 0.25) is 0 Å². The van der Waals surface area contributed by atoms with Crippen molar-refractivity contribution in [1.82, 2.24) is 4.72 Å². The Labute approximate surface area is 133 Å². The van der Waals surface area contributed by atoms with Crippen LogP contribution in [0, 0.1) is 0 Å². The molecule has 0 aliphatic carbocycles. The fourth-order valence-electron chi connectivity index (χ4n) is 1.80. The lowest BCUT2D eigenvalue weighted by atomic mass is 10.3. The van der Waals surface area contributed by atoms with E-state index in [1.54, 1.807) is 35.7 Å². The minimum Gasteiger partial charge on any atom is -0.493 e. The minimum absolute atomic E-state index is 0.153. The second kappa shape index (κ2) is 7.48. The van der Waals surface area contributed by atoms with Gasteiger partial charge in [0.2, 0.25) is 15.8 Å². The lowest BCUT2D eigenvalue weighted by molar-refractivity contribution is 0.287. The van der Waals surface area contributed by atoms with E-state index in [4.69, 9.17) is 14.2 Å². The largest absolute Gasteiger partial charge is 0.493 e. The molecule has 0 saturated heterocycles. The van der Waals surface area contributed by atoms with Crippen molar-refractivity contribution in [2.24, 2.45) is 0 Å². The summed E-state index contributed by atoms with van der Waals surface area (Å²) >= 11 is 1.17. The molecule has 0 aliphatic rings. The molecule has 120 valence electrons. The molecule has 1 aromatic carbocycles. The maximum atomic E-state index is 11.9. The van der Waals surface area contributed by atoms with E-state index in [1.807, 2.05) is 0 Å². The highest BCUT2D eigenvalue weighted by Crippen LogP contribution is 2.36. The van der Waals surface area contributed by atoms with Crippen LogP contribution in [0.1, 0.15) is 0 Å². The van der Waals surface area contributed by atoms with Crippen LogP contribution in [-0.2, 0) is 10.0 Å². The molecule has 22 heavy (non-hydrogen) atoms. The summed E-state index contributed by atoms with van der Waals surface area (Å²) < 4.78 is 42.6. The summed E-state index contributed by atoms with van der Waals surface area (Å²) in [6.07, 6.45) is 0. The Kier molecular flexibility index (Phi) is 5.64. The van der Waals surface area contributed by atoms with Gasteiger partial charge in [-0.2, -0.15) is 0 Å². The van der Waals surface area contributed by atoms with E-state index < -0.39 is 10.0 Å². The van der Waals surface area contributed by atoms with Crippen LogP contribution >= 0.6 is 11.3 Å². The van der Waals surface area contributed by atoms with Gasteiger partial charge in [-0.25, -0.2) is 13.1 Å². The average Bonchev–Trinajstić information content (AvgIpc) is 3.06. The van der Waals surface area contributed by atoms with E-state index >= 15 is 0 Å². The first-order valence-corrected chi connectivity index (χ1v) is 8.81. The van der Waals surface area contributed by atoms with Crippen molar-refractivity contribution in [2.45, 2.75) is 4.21 Å². The topological polar surface area (TPSA) is 73.9 Å². The number of hydrogen-bond acceptors (Lipinski definition) is 6. The highest BCUT2D eigenvalue weighted by Gasteiger charge is 2.15. The monoisotopic (exact) mass is 343 g/mol. The van der Waals surface area contributed by atoms with Gasteiger partial charge < -0.3 is 14.2 Å². The number of para-hydroxylation sites is 1. The molecule has 2 rings (SSSR count). The number of rotatable bonds is 8. The predicted molar refractivity (Wildman–Crippen MR) is 84.5 cm³/mol. The van der Waals surface area contributed by atoms with Crippen molar-refractivity contribution in [2.75, 3.05) is 27.4 Å². The lowest BCUT2D eigenvalue weighted by Crippen LogP contribution is -2.27. The van der Waals surface area contributed by atoms with Crippen molar-refractivity contribution in [3.63, 3.8) is 0 Å². The molecule has 0 aliphatic heterocycles. The molecular formula is C14H17NO5S2. The van der Waals surface area contributed by atoms with E-state index in [0.717, 1.165) is 0 Å². The molecule has 0 amide bonds. The zero-order chi connectivity index (χ0) is 16.0. The fourth-order valence-corrected chi connectivity index (χ4v) is 3.85. The van der Waals surface area contributed by atoms with Crippen LogP contribution in [0.25, 0.3) is 0 Å². The van der Waals surface area contributed by atoms with Crippen molar-refractivity contribution >= 4 is 21.4 Å². The maximum Gasteiger partial charge on any atom is 0.250 e. The average molecular weight is 343 g/mol. The molecule has 8 heteroatoms. The van der Waals surface area contributed by atoms with Crippen LogP contribution in [0.4, 0.5) is 0 Å². The Morgan fingerprint density at radius 3 is 2.50 bits per heavy atom. The zero-order valence-electron chi connectivity index (χ0n) is 12.2. The van der Waals surface area contributed by atoms with Gasteiger partial charge in [-0.1, -0.05) is 12.1 Å². The van der Waals surface area contributed by atoms with Crippen LogP contribution in [0.3, 0.4) is 0 Å². The van der Waals surface area contributed by atoms with Crippen LogP contribution in [0.5, 0.6) is 17.2 Å². The lowest BCUT2D eigenvalue weighted by Gasteiger charge is -2.13. The smallest absolute Gasteiger partial charge is 0.250 e. The number of benzene rings is 1. The zero-order valence-corrected chi connectivity index (χ0v) is 13.9. The number of ether oxygens (including phenoxy) is 3. The number of sulfonamides is 1. The van der Waals surface area contributed by atoms with E-state index in [1.165, 1.54) is 25.6 Å². The number of thiophene rings is 1. The Balaban J connectivity index is 1.92. The second-order valence-corrected chi connectivity index (χ2v) is 7.11. The van der Waals surface area contributed by atoms with Crippen molar-refractivity contribution in [1.29, 1.82) is 0 Å². The van der Waals surface area contributed by atoms with E-state index in [9.17, 15) is 8.42 Å². The SMILES string of the molecule is COc1cccc(OCCNS(=O)(=O)c2cccs2)c1OC. The summed E-state index contributed by atoms with van der Waals surface area (Å²) in [5.74, 6) is 1.53. The van der Waals surface area contributed by atoms with Crippen molar-refractivity contribution in [3.05, 3.63) is 35.7 Å². The molecule has 0 atom stereocenters. The van der Waals surface area contributed by atoms with Gasteiger partial charge in [0.25, 0.3) is 0 Å². The summed E-state index contributed by atoms with van der Waals surface area (Å²) in [6.45, 7) is 0.328. The highest BCUT2D eigenvalue weighted by atomic mass is 32.2. The molecule has 0 unspecified atom stereocenters. The van der Waals surface area contributed by atoms with E-state index in [2.05, 4.69) is 4.72 Å². The van der Waals surface area contributed by atoms with E-state index in [0.29, 0.717) is 17.2 Å². The number of hydrogen-bond donors (Lipinski definition) is 1. The Morgan fingerprint density at radius 1 is 1.09 bits per heavy atom. The van der Waals surface area contributed by atoms with Crippen LogP contribution < -0.4 is 18.9 Å². The summed E-state index contributed by atoms with van der Waals surface area (Å²) in [6, 6.07) is 8.50. The van der Waals surface area contributed by atoms with Gasteiger partial charge in [-0.3, -0.25) is 0 Å². The van der Waals surface area contributed by atoms with E-state index in [-0.39, 0.29) is 17.4 Å². The van der Waals surface area contributed by atoms with Crippen molar-refractivity contribution < 1.29 is 22.6 Å². The van der Waals surface area contributed by atoms with Gasteiger partial charge in [0, 0.05) is 6.54 Å². The number of nitrogens with one attached hydrogen (secondary N) is 1. The van der Waals surface area contributed by atoms with Crippen LogP contribution in [0.15, 0.2) is 39.9 Å². The van der Waals surface area contributed by atoms with Gasteiger partial charge in [-0.15, -0.1) is 11.3 Å². The van der Waals surface area contributed by atoms with Gasteiger partial charge >= 0.3 is 0 Å². The van der Waals surface area contributed by atoms with Gasteiger partial charge in [0.05, 0.1) is 14.2 Å². The summed E-state index contributed by atoms with van der Waals surface area (Å²) in [7, 11) is -0.411. The molecule has 1 aromatic heterocycles. The minimum atomic E-state index is -3.47. The number of methoxy groups -OCH3 is 2. The summed E-state index contributed by atoms with van der Waals surface area (Å²) in [5.41, 5.74) is 0. The highest BCUT2D eigenvalue weighted by molar-refractivity contribution is 7.91. The molecule has 0 saturated carbocycles. The second-order valence-electron chi connectivity index (χ2n) is 4.17. The first kappa shape index (κ1) is 16.6. The third-order valence-corrected chi connectivity index (χ3v) is 5.64. The third-order valence-electron chi connectivity index (χ3n) is 2.78. The summed E-state index contributed by atoms with van der Waals surface area (Å²) in [4.78, 5) is 0. The molecule has 0 spiro atoms. The molecule has 1 N–H and O–H groups in total. The molecule has 1 heterocycles. The molecule has 2 aromatic rings. The third kappa shape index (κ3) is 3.90. The molecule has 0 fully saturated rings. The van der Waals surface area contributed by atoms with Crippen molar-refractivity contribution in [3.8, 4) is 17.2 Å². The fraction of sp³-hybridized carbons (Fsp3) is 0.286. The molecular weight excluding hydrogens is 326 g/mol. The van der Waals surface area contributed by atoms with Gasteiger partial charge in [0.1, 0.15) is 10.8 Å². The normalized spacial score (nSPS) is 11.2. The molecule has 0 bridgehead atoms. The quantitative estimate of drug-likeness (QED) is 0.743. The standard InChI is InChI=1S/C14H17NO5S2/c1-18-11-5-3-6-12(14(11)19-2)20-9-8-15-22(16,17)13-7-4-10-21-13/h3-7,10,15H,8-9H2,1-2H3. The van der Waals surface area contributed by atoms with Gasteiger partial charge in [0.15, 0.2) is 11.5 Å². The Hall–Kier alpha value is -1.77. The maximum absolute atomic E-state index is 11.9. The van der Waals surface area contributed by atoms with Crippen LogP contribution in [-0.4, -0.2) is 35.8 Å². The summed E-state index contributed by atoms with van der Waals surface area (Å²) in [5, 5.41) is 1.71.